The molecule has 2 N–H and O–H groups in total. The summed E-state index contributed by atoms with van der Waals surface area (Å²) in [5, 5.41) is 10.4. The summed E-state index contributed by atoms with van der Waals surface area (Å²) in [5.41, 5.74) is 2.46. The predicted molar refractivity (Wildman–Crippen MR) is 59.4 cm³/mol. The third-order valence-electron chi connectivity index (χ3n) is 2.57. The van der Waals surface area contributed by atoms with Gasteiger partial charge in [-0.3, -0.25) is 4.79 Å². The fourth-order valence-electron chi connectivity index (χ4n) is 1.79. The number of aromatic amines is 1. The highest BCUT2D eigenvalue weighted by Gasteiger charge is 2.11. The average molecular weight is 203 g/mol. The molecule has 0 saturated heterocycles. The monoisotopic (exact) mass is 203 g/mol. The zero-order valence-electron chi connectivity index (χ0n) is 8.74. The van der Waals surface area contributed by atoms with Crippen molar-refractivity contribution in [1.29, 1.82) is 0 Å². The maximum Gasteiger partial charge on any atom is 0.166 e. The highest BCUT2D eigenvalue weighted by molar-refractivity contribution is 5.93. The minimum atomic E-state index is 0.207. The van der Waals surface area contributed by atoms with E-state index in [2.05, 4.69) is 18.8 Å². The van der Waals surface area contributed by atoms with Gasteiger partial charge < -0.3 is 10.1 Å². The maximum absolute atomic E-state index is 10.7. The fraction of sp³-hybridized carbons (Fsp3) is 0.250. The number of aromatic nitrogens is 1. The number of benzene rings is 1. The molecule has 1 heterocycles. The largest absolute Gasteiger partial charge is 0.507 e. The Morgan fingerprint density at radius 3 is 2.73 bits per heavy atom. The summed E-state index contributed by atoms with van der Waals surface area (Å²) < 4.78 is 0. The minimum absolute atomic E-state index is 0.207. The van der Waals surface area contributed by atoms with E-state index in [4.69, 9.17) is 0 Å². The molecule has 0 saturated carbocycles. The number of H-pyrrole nitrogens is 1. The number of phenolic OH excluding ortho intramolecular Hbond substituents is 1. The Labute approximate surface area is 87.7 Å². The van der Waals surface area contributed by atoms with Gasteiger partial charge in [-0.1, -0.05) is 19.9 Å². The number of phenols is 1. The smallest absolute Gasteiger partial charge is 0.166 e. The molecule has 1 aromatic heterocycles. The Morgan fingerprint density at radius 2 is 2.13 bits per heavy atom. The van der Waals surface area contributed by atoms with E-state index in [-0.39, 0.29) is 5.75 Å². The molecule has 15 heavy (non-hydrogen) atoms. The highest BCUT2D eigenvalue weighted by Crippen LogP contribution is 2.31. The van der Waals surface area contributed by atoms with Gasteiger partial charge in [0.15, 0.2) is 6.29 Å². The van der Waals surface area contributed by atoms with Gasteiger partial charge in [0.2, 0.25) is 0 Å². The molecule has 0 unspecified atom stereocenters. The zero-order chi connectivity index (χ0) is 11.0. The van der Waals surface area contributed by atoms with Gasteiger partial charge in [-0.05, 0) is 23.6 Å². The van der Waals surface area contributed by atoms with Crippen LogP contribution in [0.15, 0.2) is 18.2 Å². The first-order valence-electron chi connectivity index (χ1n) is 4.93. The molecule has 78 valence electrons. The van der Waals surface area contributed by atoms with E-state index in [0.717, 1.165) is 17.4 Å². The summed E-state index contributed by atoms with van der Waals surface area (Å²) in [4.78, 5) is 13.7. The normalized spacial score (nSPS) is 11.1. The van der Waals surface area contributed by atoms with Crippen molar-refractivity contribution in [3.8, 4) is 5.75 Å². The van der Waals surface area contributed by atoms with Crippen LogP contribution in [0.2, 0.25) is 0 Å². The molecule has 0 aliphatic heterocycles. The van der Waals surface area contributed by atoms with Crippen LogP contribution in [-0.4, -0.2) is 16.4 Å². The van der Waals surface area contributed by atoms with Gasteiger partial charge in [0.1, 0.15) is 5.75 Å². The van der Waals surface area contributed by atoms with Crippen molar-refractivity contribution in [3.05, 3.63) is 29.5 Å². The lowest BCUT2D eigenvalue weighted by Gasteiger charge is -2.07. The molecule has 0 aliphatic carbocycles. The lowest BCUT2D eigenvalue weighted by atomic mass is 10.0. The van der Waals surface area contributed by atoms with E-state index < -0.39 is 0 Å². The molecule has 0 fully saturated rings. The third kappa shape index (κ3) is 1.50. The summed E-state index contributed by atoms with van der Waals surface area (Å²) in [5.74, 6) is 0.560. The Morgan fingerprint density at radius 1 is 1.40 bits per heavy atom. The van der Waals surface area contributed by atoms with Gasteiger partial charge in [0.25, 0.3) is 0 Å². The Kier molecular flexibility index (Phi) is 2.23. The van der Waals surface area contributed by atoms with Crippen molar-refractivity contribution < 1.29 is 9.90 Å². The topological polar surface area (TPSA) is 53.1 Å². The second-order valence-corrected chi connectivity index (χ2v) is 3.96. The first-order valence-corrected chi connectivity index (χ1v) is 4.93. The molecular formula is C12H13NO2. The quantitative estimate of drug-likeness (QED) is 0.737. The zero-order valence-corrected chi connectivity index (χ0v) is 8.74. The number of rotatable bonds is 2. The molecule has 0 aliphatic rings. The number of hydrogen-bond donors (Lipinski definition) is 2. The molecule has 0 spiro atoms. The number of nitrogens with one attached hydrogen (secondary N) is 1. The van der Waals surface area contributed by atoms with Crippen molar-refractivity contribution in [2.75, 3.05) is 0 Å². The summed E-state index contributed by atoms with van der Waals surface area (Å²) in [7, 11) is 0. The van der Waals surface area contributed by atoms with Crippen LogP contribution in [-0.2, 0) is 0 Å². The average Bonchev–Trinajstić information content (AvgIpc) is 2.62. The molecule has 0 radical (unpaired) electrons. The molecule has 2 rings (SSSR count). The third-order valence-corrected chi connectivity index (χ3v) is 2.57. The van der Waals surface area contributed by atoms with Crippen LogP contribution in [0.25, 0.3) is 10.9 Å². The summed E-state index contributed by atoms with van der Waals surface area (Å²) in [6, 6.07) is 5.22. The first kappa shape index (κ1) is 9.77. The first-order chi connectivity index (χ1) is 7.13. The number of carbonyl (C=O) groups excluding carboxylic acids is 1. The lowest BCUT2D eigenvalue weighted by Crippen LogP contribution is -1.89. The van der Waals surface area contributed by atoms with Gasteiger partial charge in [-0.25, -0.2) is 0 Å². The fourth-order valence-corrected chi connectivity index (χ4v) is 1.79. The molecule has 0 amide bonds. The van der Waals surface area contributed by atoms with Gasteiger partial charge in [0.05, 0.1) is 11.2 Å². The number of aromatic hydroxyl groups is 1. The van der Waals surface area contributed by atoms with Gasteiger partial charge in [-0.2, -0.15) is 0 Å². The standard InChI is InChI=1S/C12H13NO2/c1-7(2)9-3-4-11(15)10-5-8(6-14)13-12(9)10/h3-7,13,15H,1-2H3. The van der Waals surface area contributed by atoms with Crippen molar-refractivity contribution in [2.24, 2.45) is 0 Å². The Balaban J connectivity index is 2.79. The molecule has 0 bridgehead atoms. The van der Waals surface area contributed by atoms with Crippen LogP contribution >= 0.6 is 0 Å². The van der Waals surface area contributed by atoms with Crippen molar-refractivity contribution >= 4 is 17.2 Å². The lowest BCUT2D eigenvalue weighted by molar-refractivity contribution is 0.112. The summed E-state index contributed by atoms with van der Waals surface area (Å²) in [6.45, 7) is 4.15. The van der Waals surface area contributed by atoms with Crippen molar-refractivity contribution in [2.45, 2.75) is 19.8 Å². The van der Waals surface area contributed by atoms with E-state index in [1.54, 1.807) is 12.1 Å². The van der Waals surface area contributed by atoms with Crippen LogP contribution in [0.4, 0.5) is 0 Å². The van der Waals surface area contributed by atoms with Gasteiger partial charge in [0, 0.05) is 5.39 Å². The van der Waals surface area contributed by atoms with Gasteiger partial charge in [-0.15, -0.1) is 0 Å². The number of fused-ring (bicyclic) bond motifs is 1. The highest BCUT2D eigenvalue weighted by atomic mass is 16.3. The molecule has 3 nitrogen and oxygen atoms in total. The predicted octanol–water partition coefficient (Wildman–Crippen LogP) is 2.81. The second kappa shape index (κ2) is 3.42. The summed E-state index contributed by atoms with van der Waals surface area (Å²) >= 11 is 0. The molecule has 0 atom stereocenters. The number of carbonyl (C=O) groups is 1. The van der Waals surface area contributed by atoms with E-state index in [9.17, 15) is 9.90 Å². The van der Waals surface area contributed by atoms with Crippen LogP contribution in [0.5, 0.6) is 5.75 Å². The van der Waals surface area contributed by atoms with Crippen LogP contribution in [0, 0.1) is 0 Å². The van der Waals surface area contributed by atoms with E-state index in [0.29, 0.717) is 17.0 Å². The van der Waals surface area contributed by atoms with Crippen molar-refractivity contribution in [1.82, 2.24) is 4.98 Å². The van der Waals surface area contributed by atoms with E-state index in [1.165, 1.54) is 0 Å². The van der Waals surface area contributed by atoms with E-state index in [1.807, 2.05) is 6.07 Å². The van der Waals surface area contributed by atoms with Crippen LogP contribution in [0.3, 0.4) is 0 Å². The SMILES string of the molecule is CC(C)c1ccc(O)c2cc(C=O)[nH]c12. The van der Waals surface area contributed by atoms with Gasteiger partial charge >= 0.3 is 0 Å². The molecule has 3 heteroatoms. The Bertz CT molecular complexity index is 512. The van der Waals surface area contributed by atoms with Crippen LogP contribution in [0.1, 0.15) is 35.8 Å². The Hall–Kier alpha value is -1.77. The molecule has 1 aromatic carbocycles. The minimum Gasteiger partial charge on any atom is -0.507 e. The second-order valence-electron chi connectivity index (χ2n) is 3.96. The molecule has 2 aromatic rings. The number of aldehydes is 1. The van der Waals surface area contributed by atoms with Crippen molar-refractivity contribution in [3.63, 3.8) is 0 Å². The molecular weight excluding hydrogens is 190 g/mol. The summed E-state index contributed by atoms with van der Waals surface area (Å²) in [6.07, 6.45) is 0.754. The van der Waals surface area contributed by atoms with E-state index >= 15 is 0 Å². The van der Waals surface area contributed by atoms with Crippen LogP contribution < -0.4 is 0 Å². The maximum atomic E-state index is 10.7. The number of hydrogen-bond acceptors (Lipinski definition) is 2.